The van der Waals surface area contributed by atoms with Crippen LogP contribution in [0.4, 0.5) is 11.4 Å². The summed E-state index contributed by atoms with van der Waals surface area (Å²) in [6, 6.07) is 9.49. The zero-order valence-corrected chi connectivity index (χ0v) is 24.7. The molecule has 0 saturated carbocycles. The summed E-state index contributed by atoms with van der Waals surface area (Å²) in [6.07, 6.45) is 0. The summed E-state index contributed by atoms with van der Waals surface area (Å²) >= 11 is 5.67. The lowest BCUT2D eigenvalue weighted by Gasteiger charge is -2.26. The number of esters is 4. The largest absolute Gasteiger partial charge is 0.488 e. The number of anilines is 2. The van der Waals surface area contributed by atoms with E-state index in [2.05, 4.69) is 0 Å². The van der Waals surface area contributed by atoms with E-state index in [1.807, 2.05) is 6.92 Å². The zero-order chi connectivity index (χ0) is 31.2. The van der Waals surface area contributed by atoms with Crippen molar-refractivity contribution in [3.05, 3.63) is 47.5 Å². The Morgan fingerprint density at radius 1 is 0.619 bits per heavy atom. The van der Waals surface area contributed by atoms with Gasteiger partial charge in [-0.15, -0.1) is 0 Å². The number of rotatable bonds is 16. The Morgan fingerprint density at radius 3 is 1.38 bits per heavy atom. The van der Waals surface area contributed by atoms with Gasteiger partial charge in [-0.3, -0.25) is 24.0 Å². The number of methoxy groups -OCH3 is 4. The molecule has 0 amide bonds. The Kier molecular flexibility index (Phi) is 13.4. The van der Waals surface area contributed by atoms with Gasteiger partial charge in [0.1, 0.15) is 50.9 Å². The van der Waals surface area contributed by atoms with Crippen LogP contribution in [0.15, 0.2) is 36.4 Å². The Balaban J connectivity index is 2.31. The van der Waals surface area contributed by atoms with Crippen molar-refractivity contribution in [3.8, 4) is 11.5 Å². The molecular formula is C28H33ClN2O11. The highest BCUT2D eigenvalue weighted by Gasteiger charge is 2.22. The van der Waals surface area contributed by atoms with Gasteiger partial charge in [-0.25, -0.2) is 0 Å². The minimum Gasteiger partial charge on any atom is -0.488 e. The van der Waals surface area contributed by atoms with E-state index >= 15 is 0 Å². The van der Waals surface area contributed by atoms with Crippen LogP contribution in [0.3, 0.4) is 0 Å². The summed E-state index contributed by atoms with van der Waals surface area (Å²) in [4.78, 5) is 62.8. The number of aryl methyl sites for hydroxylation is 1. The average Bonchev–Trinajstić information content (AvgIpc) is 2.98. The van der Waals surface area contributed by atoms with Crippen molar-refractivity contribution in [1.82, 2.24) is 0 Å². The first-order chi connectivity index (χ1) is 20.0. The first kappa shape index (κ1) is 33.7. The van der Waals surface area contributed by atoms with Crippen molar-refractivity contribution in [2.75, 3.05) is 77.6 Å². The Hall–Kier alpha value is -4.52. The molecule has 0 aliphatic rings. The van der Waals surface area contributed by atoms with Crippen molar-refractivity contribution < 1.29 is 52.4 Å². The van der Waals surface area contributed by atoms with Crippen LogP contribution >= 0.6 is 11.6 Å². The topological polar surface area (TPSA) is 147 Å². The van der Waals surface area contributed by atoms with Gasteiger partial charge in [0.15, 0.2) is 0 Å². The second kappa shape index (κ2) is 16.7. The molecule has 42 heavy (non-hydrogen) atoms. The summed E-state index contributed by atoms with van der Waals surface area (Å²) in [5.41, 5.74) is 1.71. The van der Waals surface area contributed by atoms with Gasteiger partial charge in [0.05, 0.1) is 39.8 Å². The van der Waals surface area contributed by atoms with Crippen molar-refractivity contribution in [2.24, 2.45) is 0 Å². The maximum Gasteiger partial charge on any atom is 0.325 e. The number of carbonyl (C=O) groups is 5. The van der Waals surface area contributed by atoms with Gasteiger partial charge in [-0.05, 0) is 54.4 Å². The standard InChI is InChI=1S/C28H33ClN2O11/c1-18-6-8-20(30(14-24(32)37-2)15-25(33)38-3)22(12-18)41-10-11-42-23-13-19(28(29)36)7-9-21(23)31(16-26(34)39-4)17-27(35)40-5/h6-9,12-13H,10-11,14-17H2,1-5H3. The molecule has 0 atom stereocenters. The fourth-order valence-corrected chi connectivity index (χ4v) is 3.77. The number of halogens is 1. The molecule has 0 fully saturated rings. The molecule has 0 saturated heterocycles. The highest BCUT2D eigenvalue weighted by Crippen LogP contribution is 2.32. The Morgan fingerprint density at radius 2 is 1.00 bits per heavy atom. The molecular weight excluding hydrogens is 576 g/mol. The predicted octanol–water partition coefficient (Wildman–Crippen LogP) is 2.14. The molecule has 0 bridgehead atoms. The van der Waals surface area contributed by atoms with E-state index in [9.17, 15) is 24.0 Å². The molecule has 0 radical (unpaired) electrons. The summed E-state index contributed by atoms with van der Waals surface area (Å²) in [5, 5.41) is -0.740. The lowest BCUT2D eigenvalue weighted by atomic mass is 10.2. The maximum atomic E-state index is 12.0. The zero-order valence-electron chi connectivity index (χ0n) is 24.0. The van der Waals surface area contributed by atoms with Crippen LogP contribution in [0.1, 0.15) is 15.9 Å². The van der Waals surface area contributed by atoms with Gasteiger partial charge >= 0.3 is 23.9 Å². The van der Waals surface area contributed by atoms with E-state index < -0.39 is 29.1 Å². The monoisotopic (exact) mass is 608 g/mol. The molecule has 13 nitrogen and oxygen atoms in total. The fraction of sp³-hybridized carbons (Fsp3) is 0.393. The SMILES string of the molecule is COC(=O)CN(CC(=O)OC)c1ccc(C)cc1OCCOc1cc(C(=O)Cl)ccc1N(CC(=O)OC)CC(=O)OC. The van der Waals surface area contributed by atoms with Crippen molar-refractivity contribution in [2.45, 2.75) is 6.92 Å². The molecule has 228 valence electrons. The summed E-state index contributed by atoms with van der Waals surface area (Å²) < 4.78 is 30.9. The average molecular weight is 609 g/mol. The maximum absolute atomic E-state index is 12.0. The van der Waals surface area contributed by atoms with Gasteiger partial charge in [0.2, 0.25) is 0 Å². The van der Waals surface area contributed by atoms with E-state index in [-0.39, 0.29) is 50.7 Å². The van der Waals surface area contributed by atoms with Crippen LogP contribution in [-0.4, -0.2) is 97.0 Å². The van der Waals surface area contributed by atoms with Gasteiger partial charge in [0, 0.05) is 5.56 Å². The van der Waals surface area contributed by atoms with Gasteiger partial charge in [-0.2, -0.15) is 0 Å². The Labute approximate surface area is 248 Å². The molecule has 2 rings (SSSR count). The minimum atomic E-state index is -0.740. The van der Waals surface area contributed by atoms with E-state index in [0.29, 0.717) is 17.1 Å². The minimum absolute atomic E-state index is 0.0206. The molecule has 0 aliphatic carbocycles. The normalized spacial score (nSPS) is 10.2. The number of nitrogens with zero attached hydrogens (tertiary/aromatic N) is 2. The lowest BCUT2D eigenvalue weighted by molar-refractivity contribution is -0.141. The van der Waals surface area contributed by atoms with E-state index in [0.717, 1.165) is 5.56 Å². The van der Waals surface area contributed by atoms with Crippen LogP contribution in [-0.2, 0) is 38.1 Å². The van der Waals surface area contributed by atoms with Gasteiger partial charge in [-0.1, -0.05) is 6.07 Å². The van der Waals surface area contributed by atoms with Crippen molar-refractivity contribution in [1.29, 1.82) is 0 Å². The van der Waals surface area contributed by atoms with E-state index in [4.69, 9.17) is 40.0 Å². The molecule has 0 unspecified atom stereocenters. The third kappa shape index (κ3) is 10.1. The second-order valence-electron chi connectivity index (χ2n) is 8.64. The summed E-state index contributed by atoms with van der Waals surface area (Å²) in [7, 11) is 4.89. The van der Waals surface area contributed by atoms with Gasteiger partial charge in [0.25, 0.3) is 5.24 Å². The van der Waals surface area contributed by atoms with Crippen LogP contribution in [0.2, 0.25) is 0 Å². The lowest BCUT2D eigenvalue weighted by Crippen LogP contribution is -2.36. The molecule has 0 aromatic heterocycles. The molecule has 0 heterocycles. The molecule has 0 aliphatic heterocycles. The first-order valence-corrected chi connectivity index (χ1v) is 12.9. The van der Waals surface area contributed by atoms with Gasteiger partial charge < -0.3 is 38.2 Å². The molecule has 2 aromatic rings. The number of ether oxygens (including phenoxy) is 6. The smallest absolute Gasteiger partial charge is 0.325 e. The quantitative estimate of drug-likeness (QED) is 0.119. The van der Waals surface area contributed by atoms with Crippen LogP contribution in [0.5, 0.6) is 11.5 Å². The highest BCUT2D eigenvalue weighted by atomic mass is 35.5. The number of hydrogen-bond acceptors (Lipinski definition) is 13. The number of hydrogen-bond donors (Lipinski definition) is 0. The van der Waals surface area contributed by atoms with Crippen LogP contribution < -0.4 is 19.3 Å². The summed E-state index contributed by atoms with van der Waals surface area (Å²) in [6.45, 7) is 0.674. The third-order valence-electron chi connectivity index (χ3n) is 5.77. The van der Waals surface area contributed by atoms with Crippen molar-refractivity contribution in [3.63, 3.8) is 0 Å². The van der Waals surface area contributed by atoms with E-state index in [1.54, 1.807) is 18.2 Å². The molecule has 14 heteroatoms. The second-order valence-corrected chi connectivity index (χ2v) is 8.98. The van der Waals surface area contributed by atoms with Crippen LogP contribution in [0.25, 0.3) is 0 Å². The molecule has 0 N–H and O–H groups in total. The summed E-state index contributed by atoms with van der Waals surface area (Å²) in [5.74, 6) is -1.89. The molecule has 0 spiro atoms. The highest BCUT2D eigenvalue weighted by molar-refractivity contribution is 6.67. The first-order valence-electron chi connectivity index (χ1n) is 12.5. The Bertz CT molecular complexity index is 1250. The third-order valence-corrected chi connectivity index (χ3v) is 5.99. The number of carbonyl (C=O) groups excluding carboxylic acids is 5. The van der Waals surface area contributed by atoms with Crippen molar-refractivity contribution >= 4 is 52.1 Å². The predicted molar refractivity (Wildman–Crippen MR) is 151 cm³/mol. The molecule has 2 aromatic carbocycles. The number of benzene rings is 2. The van der Waals surface area contributed by atoms with Crippen LogP contribution in [0, 0.1) is 6.92 Å². The fourth-order valence-electron chi connectivity index (χ4n) is 3.65. The van der Waals surface area contributed by atoms with E-state index in [1.165, 1.54) is 56.4 Å².